The van der Waals surface area contributed by atoms with Gasteiger partial charge in [0.1, 0.15) is 5.75 Å². The molecule has 0 bridgehead atoms. The monoisotopic (exact) mass is 375 g/mol. The maximum absolute atomic E-state index is 13.2. The van der Waals surface area contributed by atoms with Gasteiger partial charge in [0.05, 0.1) is 11.8 Å². The molecule has 2 aromatic carbocycles. The average molecular weight is 375 g/mol. The highest BCUT2D eigenvalue weighted by Crippen LogP contribution is 2.38. The summed E-state index contributed by atoms with van der Waals surface area (Å²) >= 11 is 0. The minimum atomic E-state index is -0.415. The Morgan fingerprint density at radius 1 is 1.04 bits per heavy atom. The molecule has 4 heteroatoms. The molecule has 4 nitrogen and oxygen atoms in total. The lowest BCUT2D eigenvalue weighted by atomic mass is 9.71. The Labute approximate surface area is 165 Å². The van der Waals surface area contributed by atoms with Crippen molar-refractivity contribution in [2.24, 2.45) is 17.8 Å². The van der Waals surface area contributed by atoms with Crippen molar-refractivity contribution in [2.45, 2.75) is 19.3 Å². The van der Waals surface area contributed by atoms with Crippen LogP contribution in [0.4, 0.5) is 0 Å². The predicted octanol–water partition coefficient (Wildman–Crippen LogP) is 3.88. The number of likely N-dealkylation sites (tertiary alicyclic amines) is 1. The summed E-state index contributed by atoms with van der Waals surface area (Å²) in [5.41, 5.74) is 1.22. The van der Waals surface area contributed by atoms with Gasteiger partial charge in [-0.25, -0.2) is 0 Å². The van der Waals surface area contributed by atoms with Crippen LogP contribution in [0.2, 0.25) is 0 Å². The van der Waals surface area contributed by atoms with Crippen molar-refractivity contribution < 1.29 is 14.3 Å². The molecule has 2 aromatic rings. The van der Waals surface area contributed by atoms with E-state index in [1.54, 1.807) is 12.1 Å². The highest BCUT2D eigenvalue weighted by molar-refractivity contribution is 5.87. The Bertz CT molecular complexity index is 847. The van der Waals surface area contributed by atoms with Gasteiger partial charge >= 0.3 is 5.97 Å². The fraction of sp³-hybridized carbons (Fsp3) is 0.333. The molecule has 2 aliphatic rings. The smallest absolute Gasteiger partial charge is 0.315 e. The molecule has 0 N–H and O–H groups in total. The molecule has 1 aliphatic heterocycles. The lowest BCUT2D eigenvalue weighted by Gasteiger charge is -2.41. The van der Waals surface area contributed by atoms with Gasteiger partial charge in [0.2, 0.25) is 5.91 Å². The number of esters is 1. The first-order valence-electron chi connectivity index (χ1n) is 9.98. The fourth-order valence-electron chi connectivity index (χ4n) is 4.28. The van der Waals surface area contributed by atoms with E-state index in [1.165, 1.54) is 5.56 Å². The average Bonchev–Trinajstić information content (AvgIpc) is 2.74. The highest BCUT2D eigenvalue weighted by atomic mass is 16.5. The zero-order chi connectivity index (χ0) is 19.3. The third-order valence-corrected chi connectivity index (χ3v) is 5.77. The summed E-state index contributed by atoms with van der Waals surface area (Å²) in [6, 6.07) is 19.3. The molecule has 28 heavy (non-hydrogen) atoms. The van der Waals surface area contributed by atoms with Crippen molar-refractivity contribution in [3.63, 3.8) is 0 Å². The Hall–Kier alpha value is -2.88. The lowest BCUT2D eigenvalue weighted by Crippen LogP contribution is -2.51. The van der Waals surface area contributed by atoms with Gasteiger partial charge in [-0.05, 0) is 42.9 Å². The number of allylic oxidation sites excluding steroid dienone is 2. The summed E-state index contributed by atoms with van der Waals surface area (Å²) in [5.74, 6) is -0.284. The van der Waals surface area contributed by atoms with E-state index in [9.17, 15) is 9.59 Å². The van der Waals surface area contributed by atoms with Gasteiger partial charge in [-0.1, -0.05) is 60.7 Å². The molecule has 1 aliphatic carbocycles. The molecule has 3 atom stereocenters. The van der Waals surface area contributed by atoms with Crippen LogP contribution in [0.3, 0.4) is 0 Å². The standard InChI is InChI=1S/C24H25NO3/c26-23-22-19(15-17-25(23)16-14-18-8-3-1-4-9-18)10-7-13-21(22)24(27)28-20-11-5-2-6-12-20/h1-12,19,21-22H,13-17H2/t19-,21-,22+/m0/s1. The van der Waals surface area contributed by atoms with Crippen LogP contribution in [0, 0.1) is 17.8 Å². The summed E-state index contributed by atoms with van der Waals surface area (Å²) in [5, 5.41) is 0. The number of rotatable bonds is 5. The van der Waals surface area contributed by atoms with E-state index >= 15 is 0 Å². The van der Waals surface area contributed by atoms with Gasteiger partial charge in [-0.15, -0.1) is 0 Å². The summed E-state index contributed by atoms with van der Waals surface area (Å²) in [4.78, 5) is 28.0. The Morgan fingerprint density at radius 2 is 1.75 bits per heavy atom. The van der Waals surface area contributed by atoms with E-state index in [2.05, 4.69) is 18.2 Å². The van der Waals surface area contributed by atoms with Gasteiger partial charge in [0.15, 0.2) is 0 Å². The molecular formula is C24H25NO3. The zero-order valence-corrected chi connectivity index (χ0v) is 15.9. The minimum absolute atomic E-state index is 0.0894. The van der Waals surface area contributed by atoms with Crippen molar-refractivity contribution in [3.05, 3.63) is 78.4 Å². The SMILES string of the molecule is O=C(Oc1ccccc1)[C@H]1CC=C[C@H]2CCN(CCc3ccccc3)C(=O)[C@@H]12. The summed E-state index contributed by atoms with van der Waals surface area (Å²) in [6.07, 6.45) is 6.44. The molecule has 1 heterocycles. The molecule has 0 radical (unpaired) electrons. The molecule has 1 saturated heterocycles. The third-order valence-electron chi connectivity index (χ3n) is 5.77. The molecule has 0 spiro atoms. The first kappa shape index (κ1) is 18.5. The molecule has 4 rings (SSSR count). The third kappa shape index (κ3) is 4.01. The first-order chi connectivity index (χ1) is 13.7. The van der Waals surface area contributed by atoms with Gasteiger partial charge in [0, 0.05) is 13.1 Å². The van der Waals surface area contributed by atoms with Gasteiger partial charge in [0.25, 0.3) is 0 Å². The van der Waals surface area contributed by atoms with Crippen LogP contribution in [0.25, 0.3) is 0 Å². The van der Waals surface area contributed by atoms with E-state index in [-0.39, 0.29) is 23.7 Å². The maximum Gasteiger partial charge on any atom is 0.315 e. The fourth-order valence-corrected chi connectivity index (χ4v) is 4.28. The molecule has 0 unspecified atom stereocenters. The molecule has 1 amide bonds. The molecule has 0 saturated carbocycles. The highest BCUT2D eigenvalue weighted by Gasteiger charge is 2.45. The summed E-state index contributed by atoms with van der Waals surface area (Å²) in [6.45, 7) is 1.44. The second-order valence-corrected chi connectivity index (χ2v) is 7.54. The van der Waals surface area contributed by atoms with Crippen LogP contribution in [-0.2, 0) is 16.0 Å². The number of para-hydroxylation sites is 1. The Morgan fingerprint density at radius 3 is 2.50 bits per heavy atom. The number of hydrogen-bond donors (Lipinski definition) is 0. The van der Waals surface area contributed by atoms with Crippen molar-refractivity contribution in [3.8, 4) is 5.75 Å². The van der Waals surface area contributed by atoms with Crippen LogP contribution in [0.1, 0.15) is 18.4 Å². The largest absolute Gasteiger partial charge is 0.426 e. The van der Waals surface area contributed by atoms with E-state index in [4.69, 9.17) is 4.74 Å². The van der Waals surface area contributed by atoms with Crippen LogP contribution in [0.5, 0.6) is 5.75 Å². The normalized spacial score (nSPS) is 23.9. The number of fused-ring (bicyclic) bond motifs is 1. The molecule has 0 aromatic heterocycles. The van der Waals surface area contributed by atoms with Gasteiger partial charge in [-0.2, -0.15) is 0 Å². The van der Waals surface area contributed by atoms with Crippen molar-refractivity contribution in [1.82, 2.24) is 4.90 Å². The quantitative estimate of drug-likeness (QED) is 0.453. The van der Waals surface area contributed by atoms with Crippen LogP contribution < -0.4 is 4.74 Å². The number of nitrogens with zero attached hydrogens (tertiary/aromatic N) is 1. The van der Waals surface area contributed by atoms with Crippen LogP contribution >= 0.6 is 0 Å². The lowest BCUT2D eigenvalue weighted by molar-refractivity contribution is -0.153. The van der Waals surface area contributed by atoms with Gasteiger partial charge < -0.3 is 9.64 Å². The maximum atomic E-state index is 13.2. The Kier molecular flexibility index (Phi) is 5.56. The number of carbonyl (C=O) groups is 2. The topological polar surface area (TPSA) is 46.6 Å². The van der Waals surface area contributed by atoms with E-state index in [0.29, 0.717) is 18.7 Å². The number of piperidine rings is 1. The van der Waals surface area contributed by atoms with Crippen molar-refractivity contribution in [1.29, 1.82) is 0 Å². The summed E-state index contributed by atoms with van der Waals surface area (Å²) < 4.78 is 5.57. The van der Waals surface area contributed by atoms with Crippen LogP contribution in [0.15, 0.2) is 72.8 Å². The second-order valence-electron chi connectivity index (χ2n) is 7.54. The molecule has 144 valence electrons. The zero-order valence-electron chi connectivity index (χ0n) is 15.9. The second kappa shape index (κ2) is 8.42. The van der Waals surface area contributed by atoms with Crippen molar-refractivity contribution >= 4 is 11.9 Å². The first-order valence-corrected chi connectivity index (χ1v) is 9.98. The summed E-state index contributed by atoms with van der Waals surface area (Å²) in [7, 11) is 0. The predicted molar refractivity (Wildman–Crippen MR) is 108 cm³/mol. The number of benzene rings is 2. The van der Waals surface area contributed by atoms with Gasteiger partial charge in [-0.3, -0.25) is 9.59 Å². The van der Waals surface area contributed by atoms with Crippen molar-refractivity contribution in [2.75, 3.05) is 13.1 Å². The van der Waals surface area contributed by atoms with E-state index in [1.807, 2.05) is 47.4 Å². The minimum Gasteiger partial charge on any atom is -0.426 e. The van der Waals surface area contributed by atoms with Crippen LogP contribution in [-0.4, -0.2) is 29.9 Å². The van der Waals surface area contributed by atoms with E-state index in [0.717, 1.165) is 19.4 Å². The Balaban J connectivity index is 1.45. The number of amides is 1. The number of carbonyl (C=O) groups excluding carboxylic acids is 2. The van der Waals surface area contributed by atoms with E-state index < -0.39 is 5.92 Å². The molecule has 1 fully saturated rings. The number of ether oxygens (including phenoxy) is 1. The molecular weight excluding hydrogens is 350 g/mol. The number of hydrogen-bond acceptors (Lipinski definition) is 3.